The van der Waals surface area contributed by atoms with Crippen molar-refractivity contribution in [1.82, 2.24) is 10.6 Å². The van der Waals surface area contributed by atoms with E-state index in [-0.39, 0.29) is 24.2 Å². The molecule has 19 heavy (non-hydrogen) atoms. The van der Waals surface area contributed by atoms with Gasteiger partial charge in [-0.25, -0.2) is 0 Å². The van der Waals surface area contributed by atoms with Crippen molar-refractivity contribution in [2.24, 2.45) is 0 Å². The molecular weight excluding hydrogens is 240 g/mol. The number of amides is 1. The van der Waals surface area contributed by atoms with E-state index < -0.39 is 0 Å². The number of rotatable bonds is 5. The van der Waals surface area contributed by atoms with Crippen LogP contribution in [0, 0.1) is 6.92 Å². The Bertz CT molecular complexity index is 455. The van der Waals surface area contributed by atoms with Gasteiger partial charge >= 0.3 is 0 Å². The molecule has 1 saturated heterocycles. The predicted octanol–water partition coefficient (Wildman–Crippen LogP) is 1.55. The Morgan fingerprint density at radius 3 is 2.74 bits per heavy atom. The summed E-state index contributed by atoms with van der Waals surface area (Å²) < 4.78 is 5.62. The second-order valence-corrected chi connectivity index (χ2v) is 5.49. The van der Waals surface area contributed by atoms with Gasteiger partial charge in [0.2, 0.25) is 5.91 Å². The highest BCUT2D eigenvalue weighted by molar-refractivity contribution is 5.77. The molecule has 4 heteroatoms. The number of hydrogen-bond donors (Lipinski definition) is 2. The van der Waals surface area contributed by atoms with E-state index in [4.69, 9.17) is 4.74 Å². The lowest BCUT2D eigenvalue weighted by atomic mass is 10.0. The Morgan fingerprint density at radius 2 is 2.16 bits per heavy atom. The average Bonchev–Trinajstić information content (AvgIpc) is 2.34. The van der Waals surface area contributed by atoms with Crippen LogP contribution in [0.1, 0.15) is 31.0 Å². The fourth-order valence-corrected chi connectivity index (χ4v) is 2.25. The fraction of sp³-hybridized carbons (Fsp3) is 0.533. The highest BCUT2D eigenvalue weighted by atomic mass is 16.5. The minimum atomic E-state index is -0.177. The lowest BCUT2D eigenvalue weighted by Gasteiger charge is -2.38. The molecule has 4 nitrogen and oxygen atoms in total. The number of nitrogens with one attached hydrogen (secondary N) is 2. The maximum Gasteiger partial charge on any atom is 0.246 e. The molecule has 2 N–H and O–H groups in total. The molecule has 1 aromatic carbocycles. The monoisotopic (exact) mass is 262 g/mol. The van der Waals surface area contributed by atoms with Crippen LogP contribution in [0.2, 0.25) is 0 Å². The summed E-state index contributed by atoms with van der Waals surface area (Å²) in [5.74, 6) is -0.0659. The first-order valence-electron chi connectivity index (χ1n) is 6.70. The molecule has 1 aromatic rings. The van der Waals surface area contributed by atoms with E-state index in [0.29, 0.717) is 0 Å². The van der Waals surface area contributed by atoms with Gasteiger partial charge in [0.05, 0.1) is 11.6 Å². The second-order valence-electron chi connectivity index (χ2n) is 5.49. The standard InChI is InChI=1S/C15H22N2O2/c1-11-6-4-5-7-13(11)12(2)17-14(18)8-19-15(3)9-16-10-15/h4-7,12,16H,8-10H2,1-3H3,(H,17,18)/t12-/m0/s1. The summed E-state index contributed by atoms with van der Waals surface area (Å²) in [5, 5.41) is 6.12. The zero-order valence-corrected chi connectivity index (χ0v) is 11.8. The third-order valence-electron chi connectivity index (χ3n) is 3.58. The van der Waals surface area contributed by atoms with Gasteiger partial charge in [0, 0.05) is 13.1 Å². The van der Waals surface area contributed by atoms with Crippen molar-refractivity contribution in [3.05, 3.63) is 35.4 Å². The van der Waals surface area contributed by atoms with Crippen molar-refractivity contribution in [3.63, 3.8) is 0 Å². The maximum absolute atomic E-state index is 11.9. The largest absolute Gasteiger partial charge is 0.363 e. The molecule has 1 amide bonds. The van der Waals surface area contributed by atoms with E-state index in [1.165, 1.54) is 5.56 Å². The minimum Gasteiger partial charge on any atom is -0.363 e. The van der Waals surface area contributed by atoms with Gasteiger partial charge in [-0.3, -0.25) is 4.79 Å². The van der Waals surface area contributed by atoms with Crippen molar-refractivity contribution in [1.29, 1.82) is 0 Å². The summed E-state index contributed by atoms with van der Waals surface area (Å²) in [6.07, 6.45) is 0. The Balaban J connectivity index is 1.83. The predicted molar refractivity (Wildman–Crippen MR) is 75.0 cm³/mol. The second kappa shape index (κ2) is 5.72. The van der Waals surface area contributed by atoms with Crippen LogP contribution in [-0.2, 0) is 9.53 Å². The molecule has 1 aliphatic rings. The fourth-order valence-electron chi connectivity index (χ4n) is 2.25. The van der Waals surface area contributed by atoms with E-state index in [1.807, 2.05) is 32.0 Å². The number of carbonyl (C=O) groups is 1. The number of ether oxygens (including phenoxy) is 1. The molecule has 1 heterocycles. The Morgan fingerprint density at radius 1 is 1.47 bits per heavy atom. The topological polar surface area (TPSA) is 50.4 Å². The van der Waals surface area contributed by atoms with Gasteiger partial charge in [0.15, 0.2) is 0 Å². The molecule has 1 atom stereocenters. The average molecular weight is 262 g/mol. The highest BCUT2D eigenvalue weighted by Crippen LogP contribution is 2.17. The first-order valence-corrected chi connectivity index (χ1v) is 6.70. The summed E-state index contributed by atoms with van der Waals surface area (Å²) in [7, 11) is 0. The quantitative estimate of drug-likeness (QED) is 0.846. The molecule has 0 aromatic heterocycles. The molecule has 2 rings (SSSR count). The molecular formula is C15H22N2O2. The molecule has 1 fully saturated rings. The van der Waals surface area contributed by atoms with Crippen molar-refractivity contribution in [2.45, 2.75) is 32.4 Å². The third-order valence-corrected chi connectivity index (χ3v) is 3.58. The van der Waals surface area contributed by atoms with Crippen LogP contribution in [0.4, 0.5) is 0 Å². The van der Waals surface area contributed by atoms with E-state index in [2.05, 4.69) is 23.6 Å². The van der Waals surface area contributed by atoms with Gasteiger partial charge in [0.25, 0.3) is 0 Å². The molecule has 0 saturated carbocycles. The third kappa shape index (κ3) is 3.55. The minimum absolute atomic E-state index is 0.00428. The van der Waals surface area contributed by atoms with Crippen LogP contribution in [-0.4, -0.2) is 31.2 Å². The number of hydrogen-bond acceptors (Lipinski definition) is 3. The molecule has 0 aliphatic carbocycles. The lowest BCUT2D eigenvalue weighted by Crippen LogP contribution is -2.59. The highest BCUT2D eigenvalue weighted by Gasteiger charge is 2.33. The molecule has 0 bridgehead atoms. The summed E-state index contributed by atoms with van der Waals surface area (Å²) in [6.45, 7) is 7.81. The zero-order valence-electron chi connectivity index (χ0n) is 11.8. The van der Waals surface area contributed by atoms with E-state index in [9.17, 15) is 4.79 Å². The van der Waals surface area contributed by atoms with Gasteiger partial charge in [0.1, 0.15) is 6.61 Å². The first kappa shape index (κ1) is 14.0. The molecule has 0 radical (unpaired) electrons. The molecule has 0 spiro atoms. The van der Waals surface area contributed by atoms with E-state index >= 15 is 0 Å². The van der Waals surface area contributed by atoms with Crippen molar-refractivity contribution in [2.75, 3.05) is 19.7 Å². The first-order chi connectivity index (χ1) is 9.00. The van der Waals surface area contributed by atoms with Crippen LogP contribution in [0.25, 0.3) is 0 Å². The van der Waals surface area contributed by atoms with E-state index in [0.717, 1.165) is 18.7 Å². The maximum atomic E-state index is 11.9. The van der Waals surface area contributed by atoms with Crippen molar-refractivity contribution >= 4 is 5.91 Å². The molecule has 104 valence electrons. The number of carbonyl (C=O) groups excluding carboxylic acids is 1. The van der Waals surface area contributed by atoms with Gasteiger partial charge in [-0.05, 0) is 31.9 Å². The smallest absolute Gasteiger partial charge is 0.246 e. The molecule has 1 aliphatic heterocycles. The Kier molecular flexibility index (Phi) is 4.22. The van der Waals surface area contributed by atoms with E-state index in [1.54, 1.807) is 0 Å². The molecule has 0 unspecified atom stereocenters. The van der Waals surface area contributed by atoms with Crippen LogP contribution < -0.4 is 10.6 Å². The Hall–Kier alpha value is -1.39. The summed E-state index contributed by atoms with van der Waals surface area (Å²) >= 11 is 0. The van der Waals surface area contributed by atoms with Gasteiger partial charge in [-0.2, -0.15) is 0 Å². The SMILES string of the molecule is Cc1ccccc1[C@H](C)NC(=O)COC1(C)CNC1. The summed E-state index contributed by atoms with van der Waals surface area (Å²) in [5.41, 5.74) is 2.15. The normalized spacial score (nSPS) is 18.5. The van der Waals surface area contributed by atoms with Gasteiger partial charge in [-0.15, -0.1) is 0 Å². The Labute approximate surface area is 114 Å². The van der Waals surface area contributed by atoms with Crippen LogP contribution >= 0.6 is 0 Å². The zero-order chi connectivity index (χ0) is 13.9. The van der Waals surface area contributed by atoms with Crippen LogP contribution in [0.5, 0.6) is 0 Å². The van der Waals surface area contributed by atoms with Gasteiger partial charge in [-0.1, -0.05) is 24.3 Å². The number of benzene rings is 1. The lowest BCUT2D eigenvalue weighted by molar-refractivity contribution is -0.136. The number of aryl methyl sites for hydroxylation is 1. The van der Waals surface area contributed by atoms with Crippen LogP contribution in [0.3, 0.4) is 0 Å². The van der Waals surface area contributed by atoms with Crippen molar-refractivity contribution in [3.8, 4) is 0 Å². The summed E-state index contributed by atoms with van der Waals surface area (Å²) in [6, 6.07) is 8.08. The van der Waals surface area contributed by atoms with Crippen LogP contribution in [0.15, 0.2) is 24.3 Å². The van der Waals surface area contributed by atoms with Crippen molar-refractivity contribution < 1.29 is 9.53 Å². The van der Waals surface area contributed by atoms with Gasteiger partial charge < -0.3 is 15.4 Å². The summed E-state index contributed by atoms with van der Waals surface area (Å²) in [4.78, 5) is 11.9.